The van der Waals surface area contributed by atoms with Crippen LogP contribution >= 0.6 is 11.6 Å². The fraction of sp³-hybridized carbons (Fsp3) is 0.357. The minimum atomic E-state index is 0.813. The van der Waals surface area contributed by atoms with Crippen molar-refractivity contribution in [1.29, 1.82) is 0 Å². The number of hydrogen-bond acceptors (Lipinski definition) is 2. The maximum absolute atomic E-state index is 6.52. The van der Waals surface area contributed by atoms with E-state index in [2.05, 4.69) is 0 Å². The molecule has 2 nitrogen and oxygen atoms in total. The van der Waals surface area contributed by atoms with Gasteiger partial charge in [-0.15, -0.1) is 0 Å². The lowest BCUT2D eigenvalue weighted by Crippen LogP contribution is -2.06. The predicted molar refractivity (Wildman–Crippen MR) is 69.9 cm³/mol. The van der Waals surface area contributed by atoms with Crippen molar-refractivity contribution >= 4 is 22.5 Å². The summed E-state index contributed by atoms with van der Waals surface area (Å²) < 4.78 is 5.37. The lowest BCUT2D eigenvalue weighted by molar-refractivity contribution is 0.419. The van der Waals surface area contributed by atoms with Gasteiger partial charge in [0, 0.05) is 5.69 Å². The summed E-state index contributed by atoms with van der Waals surface area (Å²) in [6.07, 6.45) is 4.50. The maximum Gasteiger partial charge on any atom is 0.129 e. The van der Waals surface area contributed by atoms with E-state index in [1.54, 1.807) is 7.11 Å². The highest BCUT2D eigenvalue weighted by Gasteiger charge is 2.18. The van der Waals surface area contributed by atoms with Gasteiger partial charge in [-0.25, -0.2) is 0 Å². The topological polar surface area (TPSA) is 22.1 Å². The van der Waals surface area contributed by atoms with Crippen LogP contribution in [0.1, 0.15) is 24.1 Å². The molecule has 1 aliphatic rings. The number of aromatic nitrogens is 1. The lowest BCUT2D eigenvalue weighted by atomic mass is 9.94. The van der Waals surface area contributed by atoms with E-state index in [1.165, 1.54) is 24.1 Å². The second-order valence-electron chi connectivity index (χ2n) is 4.41. The van der Waals surface area contributed by atoms with Gasteiger partial charge in [0.2, 0.25) is 0 Å². The number of pyridine rings is 1. The summed E-state index contributed by atoms with van der Waals surface area (Å²) in [5.74, 6) is 0.813. The van der Waals surface area contributed by atoms with E-state index in [0.29, 0.717) is 0 Å². The van der Waals surface area contributed by atoms with Gasteiger partial charge in [0.25, 0.3) is 0 Å². The van der Waals surface area contributed by atoms with E-state index < -0.39 is 0 Å². The first kappa shape index (κ1) is 10.8. The summed E-state index contributed by atoms with van der Waals surface area (Å²) in [5.41, 5.74) is 3.33. The fourth-order valence-corrected chi connectivity index (χ4v) is 2.94. The molecule has 0 bridgehead atoms. The van der Waals surface area contributed by atoms with E-state index >= 15 is 0 Å². The van der Waals surface area contributed by atoms with E-state index in [1.807, 2.05) is 18.2 Å². The van der Waals surface area contributed by atoms with Gasteiger partial charge in [-0.05, 0) is 43.4 Å². The molecule has 0 spiro atoms. The van der Waals surface area contributed by atoms with Crippen molar-refractivity contribution in [3.05, 3.63) is 34.5 Å². The SMILES string of the molecule is COc1cccc2nc3c(c(Cl)c12)CCCC3. The van der Waals surface area contributed by atoms with Crippen LogP contribution in [0, 0.1) is 0 Å². The number of ether oxygens (including phenoxy) is 1. The Bertz CT molecular complexity index is 580. The van der Waals surface area contributed by atoms with Crippen molar-refractivity contribution in [1.82, 2.24) is 4.98 Å². The summed E-state index contributed by atoms with van der Waals surface area (Å²) in [4.78, 5) is 4.72. The van der Waals surface area contributed by atoms with Crippen LogP contribution in [0.3, 0.4) is 0 Å². The molecular formula is C14H14ClNO. The van der Waals surface area contributed by atoms with E-state index in [4.69, 9.17) is 21.3 Å². The minimum Gasteiger partial charge on any atom is -0.496 e. The van der Waals surface area contributed by atoms with Gasteiger partial charge in [-0.3, -0.25) is 4.98 Å². The van der Waals surface area contributed by atoms with Gasteiger partial charge in [-0.1, -0.05) is 17.7 Å². The fourth-order valence-electron chi connectivity index (χ4n) is 2.55. The van der Waals surface area contributed by atoms with Crippen molar-refractivity contribution in [2.24, 2.45) is 0 Å². The molecule has 0 unspecified atom stereocenters. The summed E-state index contributed by atoms with van der Waals surface area (Å²) in [5, 5.41) is 1.79. The van der Waals surface area contributed by atoms with Gasteiger partial charge < -0.3 is 4.74 Å². The first-order chi connectivity index (χ1) is 8.31. The molecule has 2 aromatic rings. The van der Waals surface area contributed by atoms with Crippen LogP contribution in [0.5, 0.6) is 5.75 Å². The number of methoxy groups -OCH3 is 1. The molecule has 1 aromatic heterocycles. The molecule has 1 aromatic carbocycles. The number of nitrogens with zero attached hydrogens (tertiary/aromatic N) is 1. The van der Waals surface area contributed by atoms with Crippen LogP contribution in [0.15, 0.2) is 18.2 Å². The normalized spacial score (nSPS) is 14.7. The molecule has 0 saturated heterocycles. The van der Waals surface area contributed by atoms with Crippen molar-refractivity contribution in [3.8, 4) is 5.75 Å². The smallest absolute Gasteiger partial charge is 0.129 e. The van der Waals surface area contributed by atoms with Crippen LogP contribution < -0.4 is 4.74 Å². The van der Waals surface area contributed by atoms with Crippen LogP contribution in [-0.2, 0) is 12.8 Å². The minimum absolute atomic E-state index is 0.813. The maximum atomic E-state index is 6.52. The predicted octanol–water partition coefficient (Wildman–Crippen LogP) is 3.78. The largest absolute Gasteiger partial charge is 0.496 e. The molecule has 1 aliphatic carbocycles. The Labute approximate surface area is 106 Å². The molecule has 0 radical (unpaired) electrons. The van der Waals surface area contributed by atoms with Crippen molar-refractivity contribution in [2.45, 2.75) is 25.7 Å². The third-order valence-corrected chi connectivity index (χ3v) is 3.82. The van der Waals surface area contributed by atoms with E-state index in [9.17, 15) is 0 Å². The molecule has 0 amide bonds. The highest BCUT2D eigenvalue weighted by Crippen LogP contribution is 2.37. The summed E-state index contributed by atoms with van der Waals surface area (Å²) in [6, 6.07) is 5.89. The molecule has 0 saturated carbocycles. The quantitative estimate of drug-likeness (QED) is 0.765. The highest BCUT2D eigenvalue weighted by atomic mass is 35.5. The number of hydrogen-bond donors (Lipinski definition) is 0. The second-order valence-corrected chi connectivity index (χ2v) is 4.79. The summed E-state index contributed by atoms with van der Waals surface area (Å²) in [7, 11) is 1.67. The zero-order chi connectivity index (χ0) is 11.8. The Balaban J connectivity index is 2.36. The number of fused-ring (bicyclic) bond motifs is 2. The number of benzene rings is 1. The number of halogens is 1. The van der Waals surface area contributed by atoms with Gasteiger partial charge in [0.05, 0.1) is 23.0 Å². The monoisotopic (exact) mass is 247 g/mol. The molecule has 0 aliphatic heterocycles. The Kier molecular flexibility index (Phi) is 2.67. The van der Waals surface area contributed by atoms with Gasteiger partial charge in [-0.2, -0.15) is 0 Å². The molecule has 3 rings (SSSR count). The first-order valence-corrected chi connectivity index (χ1v) is 6.33. The van der Waals surface area contributed by atoms with Crippen LogP contribution in [-0.4, -0.2) is 12.1 Å². The van der Waals surface area contributed by atoms with Gasteiger partial charge >= 0.3 is 0 Å². The van der Waals surface area contributed by atoms with Crippen LogP contribution in [0.25, 0.3) is 10.9 Å². The summed E-state index contributed by atoms with van der Waals surface area (Å²) >= 11 is 6.52. The average molecular weight is 248 g/mol. The molecule has 3 heteroatoms. The van der Waals surface area contributed by atoms with Crippen LogP contribution in [0.4, 0.5) is 0 Å². The molecule has 0 N–H and O–H groups in total. The Morgan fingerprint density at radius 3 is 2.88 bits per heavy atom. The van der Waals surface area contributed by atoms with E-state index in [0.717, 1.165) is 34.5 Å². The Morgan fingerprint density at radius 1 is 1.24 bits per heavy atom. The standard InChI is InChI=1S/C14H14ClNO/c1-17-12-8-4-7-11-13(12)14(15)9-5-2-3-6-10(9)16-11/h4,7-8H,2-3,5-6H2,1H3. The zero-order valence-electron chi connectivity index (χ0n) is 9.79. The second kappa shape index (κ2) is 4.19. The Hall–Kier alpha value is -1.28. The van der Waals surface area contributed by atoms with Gasteiger partial charge in [0.15, 0.2) is 0 Å². The number of rotatable bonds is 1. The van der Waals surface area contributed by atoms with Crippen molar-refractivity contribution in [3.63, 3.8) is 0 Å². The van der Waals surface area contributed by atoms with Crippen molar-refractivity contribution in [2.75, 3.05) is 7.11 Å². The third-order valence-electron chi connectivity index (χ3n) is 3.40. The molecule has 1 heterocycles. The first-order valence-electron chi connectivity index (χ1n) is 5.95. The molecule has 0 atom stereocenters. The molecule has 17 heavy (non-hydrogen) atoms. The van der Waals surface area contributed by atoms with Crippen molar-refractivity contribution < 1.29 is 4.74 Å². The molecule has 88 valence electrons. The Morgan fingerprint density at radius 2 is 2.06 bits per heavy atom. The number of aryl methyl sites for hydroxylation is 1. The zero-order valence-corrected chi connectivity index (χ0v) is 10.5. The van der Waals surface area contributed by atoms with Crippen LogP contribution in [0.2, 0.25) is 5.02 Å². The third kappa shape index (κ3) is 1.67. The molecular weight excluding hydrogens is 234 g/mol. The highest BCUT2D eigenvalue weighted by molar-refractivity contribution is 6.36. The van der Waals surface area contributed by atoms with E-state index in [-0.39, 0.29) is 0 Å². The molecule has 0 fully saturated rings. The lowest BCUT2D eigenvalue weighted by Gasteiger charge is -2.18. The summed E-state index contributed by atoms with van der Waals surface area (Å²) in [6.45, 7) is 0. The average Bonchev–Trinajstić information content (AvgIpc) is 2.38. The van der Waals surface area contributed by atoms with Gasteiger partial charge in [0.1, 0.15) is 5.75 Å².